The van der Waals surface area contributed by atoms with Crippen molar-refractivity contribution >= 4 is 0 Å². The molecule has 2 aliphatic rings. The highest BCUT2D eigenvalue weighted by Crippen LogP contribution is 2.51. The fourth-order valence-electron chi connectivity index (χ4n) is 4.44. The van der Waals surface area contributed by atoms with Crippen molar-refractivity contribution in [2.45, 2.75) is 50.7 Å². The van der Waals surface area contributed by atoms with E-state index in [2.05, 4.69) is 66.4 Å². The lowest BCUT2D eigenvalue weighted by atomic mass is 9.96. The van der Waals surface area contributed by atoms with Gasteiger partial charge in [-0.1, -0.05) is 54.6 Å². The zero-order valence-corrected chi connectivity index (χ0v) is 12.7. The average molecular weight is 277 g/mol. The molecule has 3 unspecified atom stereocenters. The molecule has 2 heterocycles. The van der Waals surface area contributed by atoms with Crippen molar-refractivity contribution in [3.8, 4) is 0 Å². The van der Waals surface area contributed by atoms with Crippen LogP contribution in [0.2, 0.25) is 0 Å². The topological polar surface area (TPSA) is 3.24 Å². The first kappa shape index (κ1) is 13.1. The van der Waals surface area contributed by atoms with Gasteiger partial charge in [-0.2, -0.15) is 0 Å². The van der Waals surface area contributed by atoms with Gasteiger partial charge in [-0.05, 0) is 49.3 Å². The van der Waals surface area contributed by atoms with Gasteiger partial charge in [0, 0.05) is 18.1 Å². The highest BCUT2D eigenvalue weighted by molar-refractivity contribution is 5.39. The summed E-state index contributed by atoms with van der Waals surface area (Å²) in [5, 5.41) is 0. The van der Waals surface area contributed by atoms with Gasteiger partial charge >= 0.3 is 0 Å². The van der Waals surface area contributed by atoms with E-state index in [4.69, 9.17) is 0 Å². The van der Waals surface area contributed by atoms with Gasteiger partial charge in [0.05, 0.1) is 0 Å². The number of rotatable bonds is 3. The van der Waals surface area contributed by atoms with Crippen LogP contribution in [0.15, 0.2) is 54.6 Å². The molecule has 21 heavy (non-hydrogen) atoms. The maximum Gasteiger partial charge on any atom is 0.0360 e. The molecule has 1 heteroatoms. The van der Waals surface area contributed by atoms with E-state index in [0.29, 0.717) is 18.1 Å². The quantitative estimate of drug-likeness (QED) is 0.771. The molecule has 2 bridgehead atoms. The standard InChI is InChI=1S/C20H23N/c1-15(14-16-8-3-2-4-9-16)21-19-12-7-13-20(21)18-11-6-5-10-17(18)19/h2-6,8-11,15,19-20H,7,12-14H2,1H3. The van der Waals surface area contributed by atoms with Crippen LogP contribution >= 0.6 is 0 Å². The molecule has 1 nitrogen and oxygen atoms in total. The minimum Gasteiger partial charge on any atom is -0.286 e. The van der Waals surface area contributed by atoms with Gasteiger partial charge in [-0.15, -0.1) is 0 Å². The Morgan fingerprint density at radius 1 is 0.905 bits per heavy atom. The molecule has 2 aromatic carbocycles. The van der Waals surface area contributed by atoms with Crippen LogP contribution in [0.4, 0.5) is 0 Å². The number of hydrogen-bond acceptors (Lipinski definition) is 1. The van der Waals surface area contributed by atoms with Crippen LogP contribution in [-0.2, 0) is 6.42 Å². The van der Waals surface area contributed by atoms with Crippen molar-refractivity contribution < 1.29 is 0 Å². The SMILES string of the molecule is CC(Cc1ccccc1)N1C2CCCC1c1ccccc12. The van der Waals surface area contributed by atoms with E-state index in [0.717, 1.165) is 6.42 Å². The van der Waals surface area contributed by atoms with Crippen LogP contribution in [0, 0.1) is 0 Å². The summed E-state index contributed by atoms with van der Waals surface area (Å²) in [6, 6.07) is 22.0. The first-order valence-corrected chi connectivity index (χ1v) is 8.25. The number of piperidine rings is 1. The third-order valence-corrected chi connectivity index (χ3v) is 5.27. The van der Waals surface area contributed by atoms with E-state index in [-0.39, 0.29) is 0 Å². The smallest absolute Gasteiger partial charge is 0.0360 e. The summed E-state index contributed by atoms with van der Waals surface area (Å²) in [5.74, 6) is 0. The van der Waals surface area contributed by atoms with Crippen LogP contribution < -0.4 is 0 Å². The van der Waals surface area contributed by atoms with Gasteiger partial charge in [0.2, 0.25) is 0 Å². The maximum absolute atomic E-state index is 2.79. The average Bonchev–Trinajstić information content (AvgIpc) is 2.73. The minimum atomic E-state index is 0.607. The second-order valence-corrected chi connectivity index (χ2v) is 6.58. The van der Waals surface area contributed by atoms with E-state index in [1.165, 1.54) is 24.8 Å². The van der Waals surface area contributed by atoms with Gasteiger partial charge in [-0.3, -0.25) is 4.90 Å². The molecule has 0 N–H and O–H groups in total. The molecule has 108 valence electrons. The van der Waals surface area contributed by atoms with E-state index >= 15 is 0 Å². The fourth-order valence-corrected chi connectivity index (χ4v) is 4.44. The Morgan fingerprint density at radius 3 is 2.10 bits per heavy atom. The lowest BCUT2D eigenvalue weighted by Crippen LogP contribution is -2.38. The van der Waals surface area contributed by atoms with E-state index in [1.807, 2.05) is 0 Å². The highest BCUT2D eigenvalue weighted by atomic mass is 15.2. The van der Waals surface area contributed by atoms with Crippen LogP contribution in [0.25, 0.3) is 0 Å². The predicted octanol–water partition coefficient (Wildman–Crippen LogP) is 4.90. The third kappa shape index (κ3) is 2.20. The Labute approximate surface area is 127 Å². The summed E-state index contributed by atoms with van der Waals surface area (Å²) in [6.07, 6.45) is 5.18. The summed E-state index contributed by atoms with van der Waals surface area (Å²) in [6.45, 7) is 2.41. The van der Waals surface area contributed by atoms with E-state index in [1.54, 1.807) is 11.1 Å². The molecule has 0 aromatic heterocycles. The van der Waals surface area contributed by atoms with Crippen molar-refractivity contribution in [1.29, 1.82) is 0 Å². The van der Waals surface area contributed by atoms with Crippen LogP contribution in [-0.4, -0.2) is 10.9 Å². The van der Waals surface area contributed by atoms with E-state index in [9.17, 15) is 0 Å². The molecule has 4 rings (SSSR count). The second-order valence-electron chi connectivity index (χ2n) is 6.58. The molecule has 3 atom stereocenters. The number of hydrogen-bond donors (Lipinski definition) is 0. The molecule has 0 saturated carbocycles. The molecule has 0 radical (unpaired) electrons. The zero-order chi connectivity index (χ0) is 14.2. The normalized spacial score (nSPS) is 25.6. The minimum absolute atomic E-state index is 0.607. The lowest BCUT2D eigenvalue weighted by molar-refractivity contribution is 0.0665. The molecule has 1 saturated heterocycles. The van der Waals surface area contributed by atoms with Crippen LogP contribution in [0.1, 0.15) is 55.0 Å². The monoisotopic (exact) mass is 277 g/mol. The van der Waals surface area contributed by atoms with Crippen molar-refractivity contribution in [2.75, 3.05) is 0 Å². The van der Waals surface area contributed by atoms with Gasteiger partial charge in [0.25, 0.3) is 0 Å². The lowest BCUT2D eigenvalue weighted by Gasteiger charge is -2.39. The molecule has 0 aliphatic carbocycles. The predicted molar refractivity (Wildman–Crippen MR) is 87.2 cm³/mol. The maximum atomic E-state index is 2.79. The Kier molecular flexibility index (Phi) is 3.31. The fraction of sp³-hybridized carbons (Fsp3) is 0.400. The number of nitrogens with zero attached hydrogens (tertiary/aromatic N) is 1. The summed E-state index contributed by atoms with van der Waals surface area (Å²) in [4.78, 5) is 2.79. The molecule has 0 spiro atoms. The van der Waals surface area contributed by atoms with Crippen molar-refractivity contribution in [1.82, 2.24) is 4.90 Å². The summed E-state index contributed by atoms with van der Waals surface area (Å²) in [7, 11) is 0. The van der Waals surface area contributed by atoms with Gasteiger partial charge in [0.15, 0.2) is 0 Å². The van der Waals surface area contributed by atoms with Gasteiger partial charge < -0.3 is 0 Å². The molecular weight excluding hydrogens is 254 g/mol. The Balaban J connectivity index is 1.62. The summed E-state index contributed by atoms with van der Waals surface area (Å²) >= 11 is 0. The summed E-state index contributed by atoms with van der Waals surface area (Å²) < 4.78 is 0. The molecule has 0 amide bonds. The van der Waals surface area contributed by atoms with Crippen molar-refractivity contribution in [2.24, 2.45) is 0 Å². The Bertz CT molecular complexity index is 588. The molecule has 2 aliphatic heterocycles. The molecule has 2 aromatic rings. The van der Waals surface area contributed by atoms with Crippen molar-refractivity contribution in [3.05, 3.63) is 71.3 Å². The zero-order valence-electron chi connectivity index (χ0n) is 12.7. The molecule has 1 fully saturated rings. The third-order valence-electron chi connectivity index (χ3n) is 5.27. The number of fused-ring (bicyclic) bond motifs is 5. The highest BCUT2D eigenvalue weighted by Gasteiger charge is 2.42. The second kappa shape index (κ2) is 5.31. The van der Waals surface area contributed by atoms with Gasteiger partial charge in [-0.25, -0.2) is 0 Å². The van der Waals surface area contributed by atoms with E-state index < -0.39 is 0 Å². The molecular formula is C20H23N. The Morgan fingerprint density at radius 2 is 1.48 bits per heavy atom. The first-order valence-electron chi connectivity index (χ1n) is 8.25. The number of benzene rings is 2. The Hall–Kier alpha value is -1.60. The van der Waals surface area contributed by atoms with Crippen LogP contribution in [0.3, 0.4) is 0 Å². The largest absolute Gasteiger partial charge is 0.286 e. The summed E-state index contributed by atoms with van der Waals surface area (Å²) in [5.41, 5.74) is 4.65. The first-order chi connectivity index (χ1) is 10.3. The van der Waals surface area contributed by atoms with Crippen LogP contribution in [0.5, 0.6) is 0 Å². The van der Waals surface area contributed by atoms with Gasteiger partial charge in [0.1, 0.15) is 0 Å². The van der Waals surface area contributed by atoms with Crippen molar-refractivity contribution in [3.63, 3.8) is 0 Å².